The molecule has 0 heterocycles. The van der Waals surface area contributed by atoms with Gasteiger partial charge in [0.1, 0.15) is 12.1 Å². The van der Waals surface area contributed by atoms with Crippen LogP contribution in [-0.2, 0) is 14.4 Å². The molecule has 0 aromatic carbocycles. The molecule has 0 radical (unpaired) electrons. The second-order valence-corrected chi connectivity index (χ2v) is 5.59. The number of hydrogen-bond acceptors (Lipinski definition) is 4. The van der Waals surface area contributed by atoms with E-state index in [0.29, 0.717) is 6.42 Å². The van der Waals surface area contributed by atoms with Crippen molar-refractivity contribution in [2.24, 2.45) is 23.3 Å². The van der Waals surface area contributed by atoms with E-state index in [2.05, 4.69) is 10.6 Å². The Morgan fingerprint density at radius 2 is 1.60 bits per heavy atom. The highest BCUT2D eigenvalue weighted by atomic mass is 16.2. The predicted octanol–water partition coefficient (Wildman–Crippen LogP) is -0.898. The molecular weight excluding hydrogens is 260 g/mol. The number of nitrogens with two attached hydrogens (primary N) is 2. The molecule has 0 saturated heterocycles. The van der Waals surface area contributed by atoms with Crippen LogP contribution in [0.1, 0.15) is 34.1 Å². The van der Waals surface area contributed by atoms with Gasteiger partial charge in [-0.1, -0.05) is 27.7 Å². The third-order valence-corrected chi connectivity index (χ3v) is 2.82. The lowest BCUT2D eigenvalue weighted by molar-refractivity contribution is -0.132. The van der Waals surface area contributed by atoms with Crippen LogP contribution in [0.4, 0.5) is 0 Å². The normalized spacial score (nSPS) is 13.9. The zero-order valence-electron chi connectivity index (χ0n) is 12.6. The molecule has 2 atom stereocenters. The van der Waals surface area contributed by atoms with Gasteiger partial charge in [0.15, 0.2) is 0 Å². The van der Waals surface area contributed by atoms with Gasteiger partial charge in [-0.2, -0.15) is 0 Å². The van der Waals surface area contributed by atoms with Crippen LogP contribution >= 0.6 is 0 Å². The summed E-state index contributed by atoms with van der Waals surface area (Å²) in [5.74, 6) is -1.35. The second-order valence-electron chi connectivity index (χ2n) is 5.59. The quantitative estimate of drug-likeness (QED) is 0.461. The minimum absolute atomic E-state index is 0.124. The van der Waals surface area contributed by atoms with E-state index < -0.39 is 29.8 Å². The summed E-state index contributed by atoms with van der Waals surface area (Å²) in [6.07, 6.45) is 0.459. The lowest BCUT2D eigenvalue weighted by Gasteiger charge is -2.24. The summed E-state index contributed by atoms with van der Waals surface area (Å²) in [7, 11) is 0. The van der Waals surface area contributed by atoms with E-state index in [1.54, 1.807) is 13.8 Å². The maximum absolute atomic E-state index is 12.2. The van der Waals surface area contributed by atoms with Crippen LogP contribution < -0.4 is 22.1 Å². The van der Waals surface area contributed by atoms with Gasteiger partial charge in [0.2, 0.25) is 17.7 Å². The SMILES string of the molecule is CC(C)CC(NC(=O)CN)C(=O)NC(C(N)=O)C(C)C. The van der Waals surface area contributed by atoms with Gasteiger partial charge in [-0.3, -0.25) is 14.4 Å². The van der Waals surface area contributed by atoms with Crippen molar-refractivity contribution in [1.29, 1.82) is 0 Å². The van der Waals surface area contributed by atoms with Crippen molar-refractivity contribution < 1.29 is 14.4 Å². The van der Waals surface area contributed by atoms with E-state index in [0.717, 1.165) is 0 Å². The Labute approximate surface area is 119 Å². The lowest BCUT2D eigenvalue weighted by atomic mass is 10.00. The van der Waals surface area contributed by atoms with Crippen molar-refractivity contribution in [2.75, 3.05) is 6.54 Å². The highest BCUT2D eigenvalue weighted by molar-refractivity contribution is 5.92. The molecule has 0 spiro atoms. The molecule has 0 aromatic rings. The van der Waals surface area contributed by atoms with E-state index in [1.807, 2.05) is 13.8 Å². The summed E-state index contributed by atoms with van der Waals surface area (Å²) in [4.78, 5) is 34.8. The second kappa shape index (κ2) is 8.52. The van der Waals surface area contributed by atoms with Crippen LogP contribution in [0.3, 0.4) is 0 Å². The summed E-state index contributed by atoms with van der Waals surface area (Å²) < 4.78 is 0. The summed E-state index contributed by atoms with van der Waals surface area (Å²) in [5, 5.41) is 5.13. The number of primary amides is 1. The molecule has 0 aliphatic heterocycles. The zero-order chi connectivity index (χ0) is 15.9. The van der Waals surface area contributed by atoms with E-state index in [-0.39, 0.29) is 18.4 Å². The van der Waals surface area contributed by atoms with Crippen LogP contribution in [0.5, 0.6) is 0 Å². The fraction of sp³-hybridized carbons (Fsp3) is 0.769. The molecule has 0 fully saturated rings. The molecule has 0 bridgehead atoms. The van der Waals surface area contributed by atoms with Crippen LogP contribution in [0.15, 0.2) is 0 Å². The van der Waals surface area contributed by atoms with Gasteiger partial charge in [-0.05, 0) is 18.3 Å². The van der Waals surface area contributed by atoms with Crippen molar-refractivity contribution in [3.05, 3.63) is 0 Å². The molecule has 0 saturated carbocycles. The van der Waals surface area contributed by atoms with Crippen molar-refractivity contribution in [3.8, 4) is 0 Å². The fourth-order valence-electron chi connectivity index (χ4n) is 1.78. The number of amides is 3. The topological polar surface area (TPSA) is 127 Å². The molecule has 0 aliphatic rings. The van der Waals surface area contributed by atoms with Gasteiger partial charge in [0, 0.05) is 0 Å². The zero-order valence-corrected chi connectivity index (χ0v) is 12.6. The average Bonchev–Trinajstić information content (AvgIpc) is 2.33. The number of nitrogens with one attached hydrogen (secondary N) is 2. The van der Waals surface area contributed by atoms with Crippen LogP contribution in [0, 0.1) is 11.8 Å². The van der Waals surface area contributed by atoms with Crippen LogP contribution in [0.2, 0.25) is 0 Å². The van der Waals surface area contributed by atoms with E-state index in [9.17, 15) is 14.4 Å². The highest BCUT2D eigenvalue weighted by Crippen LogP contribution is 2.07. The summed E-state index contributed by atoms with van der Waals surface area (Å²) in [5.41, 5.74) is 10.5. The Bertz CT molecular complexity index is 356. The number of rotatable bonds is 8. The smallest absolute Gasteiger partial charge is 0.243 e. The Kier molecular flexibility index (Phi) is 7.83. The Morgan fingerprint density at radius 1 is 1.05 bits per heavy atom. The summed E-state index contributed by atoms with van der Waals surface area (Å²) in [6, 6.07) is -1.47. The Morgan fingerprint density at radius 3 is 1.95 bits per heavy atom. The molecule has 0 aliphatic carbocycles. The van der Waals surface area contributed by atoms with Crippen LogP contribution in [0.25, 0.3) is 0 Å². The largest absolute Gasteiger partial charge is 0.368 e. The van der Waals surface area contributed by atoms with E-state index in [4.69, 9.17) is 11.5 Å². The van der Waals surface area contributed by atoms with Gasteiger partial charge in [-0.25, -0.2) is 0 Å². The van der Waals surface area contributed by atoms with Gasteiger partial charge in [0.05, 0.1) is 6.54 Å². The Balaban J connectivity index is 4.84. The molecule has 2 unspecified atom stereocenters. The predicted molar refractivity (Wildman–Crippen MR) is 76.4 cm³/mol. The van der Waals surface area contributed by atoms with Gasteiger partial charge in [-0.15, -0.1) is 0 Å². The highest BCUT2D eigenvalue weighted by Gasteiger charge is 2.27. The average molecular weight is 286 g/mol. The minimum atomic E-state index is -0.757. The monoisotopic (exact) mass is 286 g/mol. The molecule has 6 N–H and O–H groups in total. The molecule has 3 amide bonds. The number of carbonyl (C=O) groups excluding carboxylic acids is 3. The van der Waals surface area contributed by atoms with Crippen LogP contribution in [-0.4, -0.2) is 36.3 Å². The number of hydrogen-bond donors (Lipinski definition) is 4. The molecule has 20 heavy (non-hydrogen) atoms. The lowest BCUT2D eigenvalue weighted by Crippen LogP contribution is -2.55. The van der Waals surface area contributed by atoms with Crippen molar-refractivity contribution >= 4 is 17.7 Å². The third-order valence-electron chi connectivity index (χ3n) is 2.82. The fourth-order valence-corrected chi connectivity index (χ4v) is 1.78. The summed E-state index contributed by atoms with van der Waals surface area (Å²) >= 11 is 0. The van der Waals surface area contributed by atoms with E-state index in [1.165, 1.54) is 0 Å². The van der Waals surface area contributed by atoms with Gasteiger partial charge >= 0.3 is 0 Å². The first-order chi connectivity index (χ1) is 9.18. The summed E-state index contributed by atoms with van der Waals surface area (Å²) in [6.45, 7) is 7.24. The van der Waals surface area contributed by atoms with E-state index >= 15 is 0 Å². The maximum atomic E-state index is 12.2. The molecule has 0 aromatic heterocycles. The van der Waals surface area contributed by atoms with Crippen molar-refractivity contribution in [1.82, 2.24) is 10.6 Å². The molecular formula is C13H26N4O3. The van der Waals surface area contributed by atoms with Gasteiger partial charge in [0.25, 0.3) is 0 Å². The first-order valence-corrected chi connectivity index (χ1v) is 6.78. The molecule has 7 heteroatoms. The minimum Gasteiger partial charge on any atom is -0.368 e. The maximum Gasteiger partial charge on any atom is 0.243 e. The van der Waals surface area contributed by atoms with Crippen molar-refractivity contribution in [3.63, 3.8) is 0 Å². The Hall–Kier alpha value is -1.63. The van der Waals surface area contributed by atoms with Gasteiger partial charge < -0.3 is 22.1 Å². The molecule has 0 rings (SSSR count). The first kappa shape index (κ1) is 18.4. The molecule has 116 valence electrons. The number of carbonyl (C=O) groups is 3. The first-order valence-electron chi connectivity index (χ1n) is 6.78. The standard InChI is InChI=1S/C13H26N4O3/c1-7(2)5-9(16-10(18)6-14)13(20)17-11(8(3)4)12(15)19/h7-9,11H,5-6,14H2,1-4H3,(H2,15,19)(H,16,18)(H,17,20). The van der Waals surface area contributed by atoms with Crippen molar-refractivity contribution in [2.45, 2.75) is 46.2 Å². The molecule has 7 nitrogen and oxygen atoms in total. The third kappa shape index (κ3) is 6.51.